The summed E-state index contributed by atoms with van der Waals surface area (Å²) in [4.78, 5) is 24.4. The number of ether oxygens (including phenoxy) is 1. The molecule has 2 aromatic rings. The zero-order valence-corrected chi connectivity index (χ0v) is 18.5. The number of benzene rings is 2. The van der Waals surface area contributed by atoms with Crippen molar-refractivity contribution >= 4 is 27.6 Å². The molecule has 9 heteroatoms. The zero-order valence-electron chi connectivity index (χ0n) is 17.6. The molecule has 3 rings (SSSR count). The SMILES string of the molecule is Cc1cc(C)c(NC(=O)COC(=O)[C@@H]2CCCN2S(=O)(=O)c2ccccc2F)c(C)c1. The van der Waals surface area contributed by atoms with Crippen LogP contribution in [0.25, 0.3) is 0 Å². The van der Waals surface area contributed by atoms with Gasteiger partial charge in [0.1, 0.15) is 16.8 Å². The molecular formula is C22H25FN2O5S. The molecule has 0 saturated carbocycles. The molecule has 0 bridgehead atoms. The van der Waals surface area contributed by atoms with Crippen molar-refractivity contribution in [1.82, 2.24) is 4.31 Å². The normalized spacial score (nSPS) is 16.8. The van der Waals surface area contributed by atoms with E-state index in [9.17, 15) is 22.4 Å². The van der Waals surface area contributed by atoms with E-state index in [0.717, 1.165) is 33.1 Å². The van der Waals surface area contributed by atoms with E-state index in [1.165, 1.54) is 12.1 Å². The van der Waals surface area contributed by atoms with E-state index >= 15 is 0 Å². The van der Waals surface area contributed by atoms with E-state index in [-0.39, 0.29) is 13.0 Å². The van der Waals surface area contributed by atoms with E-state index in [4.69, 9.17) is 4.74 Å². The van der Waals surface area contributed by atoms with Gasteiger partial charge in [-0.1, -0.05) is 29.8 Å². The van der Waals surface area contributed by atoms with Crippen LogP contribution in [0.3, 0.4) is 0 Å². The molecule has 1 N–H and O–H groups in total. The lowest BCUT2D eigenvalue weighted by Gasteiger charge is -2.23. The highest BCUT2D eigenvalue weighted by Crippen LogP contribution is 2.28. The maximum Gasteiger partial charge on any atom is 0.324 e. The molecule has 0 aromatic heterocycles. The number of carbonyl (C=O) groups is 2. The average Bonchev–Trinajstić information content (AvgIpc) is 3.20. The number of halogens is 1. The summed E-state index contributed by atoms with van der Waals surface area (Å²) in [6.07, 6.45) is 0.672. The summed E-state index contributed by atoms with van der Waals surface area (Å²) in [5, 5.41) is 2.73. The van der Waals surface area contributed by atoms with Crippen LogP contribution in [-0.2, 0) is 24.3 Å². The predicted octanol–water partition coefficient (Wildman–Crippen LogP) is 3.09. The van der Waals surface area contributed by atoms with Crippen molar-refractivity contribution < 1.29 is 27.1 Å². The molecule has 1 heterocycles. The third kappa shape index (κ3) is 4.94. The van der Waals surface area contributed by atoms with Gasteiger partial charge >= 0.3 is 5.97 Å². The van der Waals surface area contributed by atoms with Crippen molar-refractivity contribution in [3.8, 4) is 0 Å². The van der Waals surface area contributed by atoms with E-state index in [2.05, 4.69) is 5.32 Å². The summed E-state index contributed by atoms with van der Waals surface area (Å²) in [5.74, 6) is -2.24. The van der Waals surface area contributed by atoms with E-state index in [0.29, 0.717) is 12.1 Å². The standard InChI is InChI=1S/C22H25FN2O5S/c1-14-11-15(2)21(16(3)12-14)24-20(26)13-30-22(27)18-8-6-10-25(18)31(28,29)19-9-5-4-7-17(19)23/h4-5,7,9,11-12,18H,6,8,10,13H2,1-3H3,(H,24,26)/t18-/m0/s1. The van der Waals surface area contributed by atoms with Crippen LogP contribution in [0.4, 0.5) is 10.1 Å². The van der Waals surface area contributed by atoms with Crippen LogP contribution in [0.15, 0.2) is 41.3 Å². The summed E-state index contributed by atoms with van der Waals surface area (Å²) in [6, 6.07) is 7.77. The number of rotatable bonds is 6. The Balaban J connectivity index is 1.66. The molecule has 1 fully saturated rings. The van der Waals surface area contributed by atoms with Crippen molar-refractivity contribution in [1.29, 1.82) is 0 Å². The highest BCUT2D eigenvalue weighted by Gasteiger charge is 2.41. The number of nitrogens with zero attached hydrogens (tertiary/aromatic N) is 1. The van der Waals surface area contributed by atoms with Crippen LogP contribution < -0.4 is 5.32 Å². The van der Waals surface area contributed by atoms with E-state index < -0.39 is 45.3 Å². The number of carbonyl (C=O) groups excluding carboxylic acids is 2. The van der Waals surface area contributed by atoms with Crippen LogP contribution in [-0.4, -0.2) is 43.8 Å². The molecule has 1 saturated heterocycles. The van der Waals surface area contributed by atoms with Crippen molar-refractivity contribution in [2.75, 3.05) is 18.5 Å². The number of nitrogens with one attached hydrogen (secondary N) is 1. The first-order chi connectivity index (χ1) is 14.6. The number of hydrogen-bond donors (Lipinski definition) is 1. The maximum absolute atomic E-state index is 14.0. The van der Waals surface area contributed by atoms with E-state index in [1.54, 1.807) is 0 Å². The molecular weight excluding hydrogens is 423 g/mol. The van der Waals surface area contributed by atoms with Gasteiger partial charge in [-0.05, 0) is 56.9 Å². The topological polar surface area (TPSA) is 92.8 Å². The molecule has 1 aliphatic heterocycles. The Morgan fingerprint density at radius 3 is 2.45 bits per heavy atom. The summed E-state index contributed by atoms with van der Waals surface area (Å²) in [6.45, 7) is 5.22. The van der Waals surface area contributed by atoms with Gasteiger partial charge in [-0.3, -0.25) is 9.59 Å². The molecule has 1 atom stereocenters. The Bertz CT molecular complexity index is 1090. The Morgan fingerprint density at radius 1 is 1.16 bits per heavy atom. The lowest BCUT2D eigenvalue weighted by atomic mass is 10.1. The number of anilines is 1. The van der Waals surface area contributed by atoms with Crippen molar-refractivity contribution in [2.24, 2.45) is 0 Å². The van der Waals surface area contributed by atoms with Crippen LogP contribution in [0.5, 0.6) is 0 Å². The zero-order chi connectivity index (χ0) is 22.8. The number of hydrogen-bond acceptors (Lipinski definition) is 5. The summed E-state index contributed by atoms with van der Waals surface area (Å²) in [5.41, 5.74) is 3.48. The molecule has 0 radical (unpaired) electrons. The van der Waals surface area contributed by atoms with Gasteiger partial charge in [0.25, 0.3) is 5.91 Å². The van der Waals surface area contributed by atoms with Crippen LogP contribution in [0.2, 0.25) is 0 Å². The molecule has 31 heavy (non-hydrogen) atoms. The average molecular weight is 449 g/mol. The second-order valence-corrected chi connectivity index (χ2v) is 9.49. The fourth-order valence-corrected chi connectivity index (χ4v) is 5.54. The van der Waals surface area contributed by atoms with Gasteiger partial charge in [-0.25, -0.2) is 12.8 Å². The maximum atomic E-state index is 14.0. The number of aryl methyl sites for hydroxylation is 3. The smallest absolute Gasteiger partial charge is 0.324 e. The lowest BCUT2D eigenvalue weighted by molar-refractivity contribution is -0.150. The number of amides is 1. The Kier molecular flexibility index (Phi) is 6.76. The van der Waals surface area contributed by atoms with Gasteiger partial charge in [0.05, 0.1) is 0 Å². The molecule has 0 aliphatic carbocycles. The van der Waals surface area contributed by atoms with Gasteiger partial charge < -0.3 is 10.1 Å². The largest absolute Gasteiger partial charge is 0.454 e. The molecule has 1 aliphatic rings. The quantitative estimate of drug-likeness (QED) is 0.686. The second kappa shape index (κ2) is 9.15. The third-order valence-electron chi connectivity index (χ3n) is 5.19. The highest BCUT2D eigenvalue weighted by atomic mass is 32.2. The number of esters is 1. The van der Waals surface area contributed by atoms with Gasteiger partial charge in [-0.15, -0.1) is 0 Å². The van der Waals surface area contributed by atoms with Gasteiger partial charge in [0, 0.05) is 12.2 Å². The minimum atomic E-state index is -4.21. The van der Waals surface area contributed by atoms with Crippen LogP contribution in [0, 0.1) is 26.6 Å². The first-order valence-corrected chi connectivity index (χ1v) is 11.4. The number of sulfonamides is 1. The van der Waals surface area contributed by atoms with Crippen LogP contribution in [0.1, 0.15) is 29.5 Å². The molecule has 2 aromatic carbocycles. The Hall–Kier alpha value is -2.78. The predicted molar refractivity (Wildman–Crippen MR) is 114 cm³/mol. The van der Waals surface area contributed by atoms with Crippen molar-refractivity contribution in [3.05, 3.63) is 58.9 Å². The summed E-state index contributed by atoms with van der Waals surface area (Å²) < 4.78 is 45.8. The molecule has 1 amide bonds. The molecule has 166 valence electrons. The first kappa shape index (κ1) is 22.9. The van der Waals surface area contributed by atoms with E-state index in [1.807, 2.05) is 32.9 Å². The summed E-state index contributed by atoms with van der Waals surface area (Å²) in [7, 11) is -4.21. The van der Waals surface area contributed by atoms with Gasteiger partial charge in [0.15, 0.2) is 6.61 Å². The fraction of sp³-hybridized carbons (Fsp3) is 0.364. The lowest BCUT2D eigenvalue weighted by Crippen LogP contribution is -2.42. The van der Waals surface area contributed by atoms with Crippen molar-refractivity contribution in [3.63, 3.8) is 0 Å². The fourth-order valence-electron chi connectivity index (χ4n) is 3.83. The third-order valence-corrected chi connectivity index (χ3v) is 7.13. The molecule has 0 unspecified atom stereocenters. The Labute approximate surface area is 181 Å². The summed E-state index contributed by atoms with van der Waals surface area (Å²) >= 11 is 0. The van der Waals surface area contributed by atoms with Crippen molar-refractivity contribution in [2.45, 2.75) is 44.6 Å². The second-order valence-electron chi connectivity index (χ2n) is 7.63. The van der Waals surface area contributed by atoms with Crippen LogP contribution >= 0.6 is 0 Å². The first-order valence-electron chi connectivity index (χ1n) is 9.92. The highest BCUT2D eigenvalue weighted by molar-refractivity contribution is 7.89. The molecule has 7 nitrogen and oxygen atoms in total. The van der Waals surface area contributed by atoms with Gasteiger partial charge in [-0.2, -0.15) is 4.31 Å². The minimum Gasteiger partial charge on any atom is -0.454 e. The monoisotopic (exact) mass is 448 g/mol. The molecule has 0 spiro atoms. The minimum absolute atomic E-state index is 0.0738. The Morgan fingerprint density at radius 2 is 1.81 bits per heavy atom. The van der Waals surface area contributed by atoms with Gasteiger partial charge in [0.2, 0.25) is 10.0 Å².